The van der Waals surface area contributed by atoms with Gasteiger partial charge in [0.05, 0.1) is 26.4 Å². The van der Waals surface area contributed by atoms with Crippen LogP contribution in [0.1, 0.15) is 18.5 Å². The van der Waals surface area contributed by atoms with E-state index in [2.05, 4.69) is 0 Å². The first-order valence-electron chi connectivity index (χ1n) is 6.50. The second-order valence-electron chi connectivity index (χ2n) is 4.53. The average Bonchev–Trinajstić information content (AvgIpc) is 2.39. The van der Waals surface area contributed by atoms with Gasteiger partial charge in [-0.3, -0.25) is 4.90 Å². The summed E-state index contributed by atoms with van der Waals surface area (Å²) in [7, 11) is 1.62. The van der Waals surface area contributed by atoms with E-state index in [1.165, 1.54) is 0 Å². The van der Waals surface area contributed by atoms with E-state index >= 15 is 0 Å². The van der Waals surface area contributed by atoms with E-state index < -0.39 is 0 Å². The van der Waals surface area contributed by atoms with Gasteiger partial charge in [0.1, 0.15) is 5.75 Å². The number of nitrogens with zero attached hydrogens (tertiary/aromatic N) is 1. The molecule has 0 aliphatic rings. The highest BCUT2D eigenvalue weighted by molar-refractivity contribution is 5.36. The fraction of sp³-hybridized carbons (Fsp3) is 0.571. The molecular weight excluding hydrogens is 244 g/mol. The first-order chi connectivity index (χ1) is 9.15. The minimum absolute atomic E-state index is 0.0262. The lowest BCUT2D eigenvalue weighted by atomic mass is 9.98. The third-order valence-electron chi connectivity index (χ3n) is 3.12. The Morgan fingerprint density at radius 1 is 1.21 bits per heavy atom. The van der Waals surface area contributed by atoms with Gasteiger partial charge in [0.2, 0.25) is 0 Å². The summed E-state index contributed by atoms with van der Waals surface area (Å²) in [5.74, 6) is 0.769. The van der Waals surface area contributed by atoms with Crippen molar-refractivity contribution in [1.29, 1.82) is 0 Å². The molecule has 0 fully saturated rings. The van der Waals surface area contributed by atoms with E-state index in [-0.39, 0.29) is 25.3 Å². The smallest absolute Gasteiger partial charge is 0.123 e. The second-order valence-corrected chi connectivity index (χ2v) is 4.53. The summed E-state index contributed by atoms with van der Waals surface area (Å²) >= 11 is 0. The third kappa shape index (κ3) is 4.18. The molecule has 5 nitrogen and oxygen atoms in total. The zero-order valence-corrected chi connectivity index (χ0v) is 11.6. The van der Waals surface area contributed by atoms with Gasteiger partial charge in [-0.1, -0.05) is 18.2 Å². The van der Waals surface area contributed by atoms with Gasteiger partial charge in [-0.25, -0.2) is 0 Å². The molecule has 0 aromatic heterocycles. The number of nitrogens with two attached hydrogens (primary N) is 1. The third-order valence-corrected chi connectivity index (χ3v) is 3.12. The highest BCUT2D eigenvalue weighted by Gasteiger charge is 2.25. The van der Waals surface area contributed by atoms with Crippen molar-refractivity contribution in [2.45, 2.75) is 19.0 Å². The molecule has 1 aromatic rings. The number of aliphatic hydroxyl groups is 2. The molecule has 0 radical (unpaired) electrons. The Morgan fingerprint density at radius 3 is 2.26 bits per heavy atom. The quantitative estimate of drug-likeness (QED) is 0.635. The molecule has 1 rings (SSSR count). The minimum Gasteiger partial charge on any atom is -0.496 e. The standard InChI is InChI=1S/C14H24N2O3/c1-11(15)14(16(7-9-17)8-10-18)12-5-3-4-6-13(12)19-2/h3-6,11,14,17-18H,7-10,15H2,1-2H3. The maximum atomic E-state index is 9.17. The lowest BCUT2D eigenvalue weighted by Crippen LogP contribution is -2.42. The minimum atomic E-state index is -0.144. The molecule has 0 heterocycles. The molecule has 0 amide bonds. The van der Waals surface area contributed by atoms with Gasteiger partial charge in [0.25, 0.3) is 0 Å². The van der Waals surface area contributed by atoms with Crippen molar-refractivity contribution in [3.63, 3.8) is 0 Å². The molecule has 0 aliphatic heterocycles. The van der Waals surface area contributed by atoms with Crippen LogP contribution >= 0.6 is 0 Å². The van der Waals surface area contributed by atoms with E-state index in [0.29, 0.717) is 13.1 Å². The van der Waals surface area contributed by atoms with E-state index in [4.69, 9.17) is 10.5 Å². The van der Waals surface area contributed by atoms with Crippen molar-refractivity contribution in [1.82, 2.24) is 4.90 Å². The number of rotatable bonds is 8. The highest BCUT2D eigenvalue weighted by atomic mass is 16.5. The topological polar surface area (TPSA) is 79.0 Å². The fourth-order valence-corrected chi connectivity index (χ4v) is 2.37. The zero-order valence-electron chi connectivity index (χ0n) is 11.6. The Balaban J connectivity index is 3.10. The molecule has 1 aromatic carbocycles. The second kappa shape index (κ2) is 8.12. The Labute approximate surface area is 114 Å². The molecule has 2 atom stereocenters. The first kappa shape index (κ1) is 15.9. The van der Waals surface area contributed by atoms with Crippen molar-refractivity contribution < 1.29 is 14.9 Å². The normalized spacial score (nSPS) is 14.4. The van der Waals surface area contributed by atoms with Gasteiger partial charge in [0.15, 0.2) is 0 Å². The summed E-state index contributed by atoms with van der Waals surface area (Å²) in [6.45, 7) is 2.89. The van der Waals surface area contributed by atoms with Crippen LogP contribution in [0.25, 0.3) is 0 Å². The van der Waals surface area contributed by atoms with Crippen LogP contribution in [0.4, 0.5) is 0 Å². The van der Waals surface area contributed by atoms with Crippen LogP contribution in [0.2, 0.25) is 0 Å². The number of ether oxygens (including phenoxy) is 1. The van der Waals surface area contributed by atoms with Crippen LogP contribution in [0.15, 0.2) is 24.3 Å². The molecule has 108 valence electrons. The maximum Gasteiger partial charge on any atom is 0.123 e. The molecule has 0 saturated heterocycles. The van der Waals surface area contributed by atoms with Gasteiger partial charge in [0, 0.05) is 24.7 Å². The number of methoxy groups -OCH3 is 1. The molecule has 0 spiro atoms. The first-order valence-corrected chi connectivity index (χ1v) is 6.50. The lowest BCUT2D eigenvalue weighted by Gasteiger charge is -2.34. The molecule has 5 heteroatoms. The number of hydrogen-bond acceptors (Lipinski definition) is 5. The molecule has 4 N–H and O–H groups in total. The Hall–Kier alpha value is -1.14. The van der Waals surface area contributed by atoms with Crippen LogP contribution in [-0.2, 0) is 0 Å². The number of para-hydroxylation sites is 1. The van der Waals surface area contributed by atoms with Crippen LogP contribution in [0, 0.1) is 0 Å². The van der Waals surface area contributed by atoms with Crippen molar-refractivity contribution in [2.75, 3.05) is 33.4 Å². The van der Waals surface area contributed by atoms with E-state index in [1.54, 1.807) is 7.11 Å². The van der Waals surface area contributed by atoms with Crippen molar-refractivity contribution in [3.8, 4) is 5.75 Å². The van der Waals surface area contributed by atoms with E-state index in [9.17, 15) is 10.2 Å². The van der Waals surface area contributed by atoms with E-state index in [1.807, 2.05) is 36.1 Å². The summed E-state index contributed by atoms with van der Waals surface area (Å²) in [5, 5.41) is 18.3. The lowest BCUT2D eigenvalue weighted by molar-refractivity contribution is 0.109. The molecular formula is C14H24N2O3. The molecule has 0 saturated carbocycles. The van der Waals surface area contributed by atoms with Crippen LogP contribution in [0.3, 0.4) is 0 Å². The molecule has 0 bridgehead atoms. The summed E-state index contributed by atoms with van der Waals surface area (Å²) in [6, 6.07) is 7.45. The zero-order chi connectivity index (χ0) is 14.3. The van der Waals surface area contributed by atoms with E-state index in [0.717, 1.165) is 11.3 Å². The van der Waals surface area contributed by atoms with Crippen molar-refractivity contribution >= 4 is 0 Å². The number of benzene rings is 1. The summed E-state index contributed by atoms with van der Waals surface area (Å²) in [5.41, 5.74) is 7.07. The van der Waals surface area contributed by atoms with Crippen LogP contribution in [-0.4, -0.2) is 54.6 Å². The number of hydrogen-bond donors (Lipinski definition) is 3. The summed E-state index contributed by atoms with van der Waals surface area (Å²) in [4.78, 5) is 1.97. The summed E-state index contributed by atoms with van der Waals surface area (Å²) < 4.78 is 5.38. The highest BCUT2D eigenvalue weighted by Crippen LogP contribution is 2.30. The van der Waals surface area contributed by atoms with Gasteiger partial charge in [-0.15, -0.1) is 0 Å². The summed E-state index contributed by atoms with van der Waals surface area (Å²) in [6.07, 6.45) is 0. The maximum absolute atomic E-state index is 9.17. The van der Waals surface area contributed by atoms with Gasteiger partial charge in [-0.05, 0) is 13.0 Å². The Morgan fingerprint density at radius 2 is 1.79 bits per heavy atom. The van der Waals surface area contributed by atoms with Gasteiger partial charge < -0.3 is 20.7 Å². The van der Waals surface area contributed by atoms with Gasteiger partial charge >= 0.3 is 0 Å². The van der Waals surface area contributed by atoms with Crippen molar-refractivity contribution in [3.05, 3.63) is 29.8 Å². The predicted octanol–water partition coefficient (Wildman–Crippen LogP) is 0.370. The average molecular weight is 268 g/mol. The Bertz CT molecular complexity index is 365. The fourth-order valence-electron chi connectivity index (χ4n) is 2.37. The molecule has 2 unspecified atom stereocenters. The van der Waals surface area contributed by atoms with Crippen molar-refractivity contribution in [2.24, 2.45) is 5.73 Å². The number of aliphatic hydroxyl groups excluding tert-OH is 2. The Kier molecular flexibility index (Phi) is 6.80. The van der Waals surface area contributed by atoms with Gasteiger partial charge in [-0.2, -0.15) is 0 Å². The predicted molar refractivity (Wildman–Crippen MR) is 75.1 cm³/mol. The van der Waals surface area contributed by atoms with Crippen LogP contribution < -0.4 is 10.5 Å². The molecule has 0 aliphatic carbocycles. The SMILES string of the molecule is COc1ccccc1C(C(C)N)N(CCO)CCO. The van der Waals surface area contributed by atoms with Crippen LogP contribution in [0.5, 0.6) is 5.75 Å². The monoisotopic (exact) mass is 268 g/mol. The largest absolute Gasteiger partial charge is 0.496 e. The molecule has 19 heavy (non-hydrogen) atoms.